The van der Waals surface area contributed by atoms with E-state index in [1.165, 1.54) is 167 Å². The number of nitrogens with zero attached hydrogens (tertiary/aromatic N) is 1. The van der Waals surface area contributed by atoms with Gasteiger partial charge in [-0.2, -0.15) is 0 Å². The highest BCUT2D eigenvalue weighted by atomic mass is 31.2. The first-order chi connectivity index (χ1) is 43.0. The summed E-state index contributed by atoms with van der Waals surface area (Å²) in [6.07, 6.45) is 97.1. The van der Waals surface area contributed by atoms with Crippen LogP contribution < -0.4 is 4.89 Å². The van der Waals surface area contributed by atoms with Gasteiger partial charge in [0.2, 0.25) is 0 Å². The molecule has 0 N–H and O–H groups in total. The number of quaternary nitrogens is 1. The Hall–Kier alpha value is -3.59. The SMILES string of the molecule is CC/C=C\C/C=C\C/C=C\C/C=C\C/C=C\C/C=C\C/C=C\C/C=C\C/C=C\C/C=C\CCCCCCCCCCC(=O)OC(COC(=O)CCCCCCCCCCCCCCCCCCCCCCCCCCC)COP(=O)([O-])OCC[N+](C)(C)C. The highest BCUT2D eigenvalue weighted by molar-refractivity contribution is 7.45. The molecule has 0 aromatic heterocycles. The van der Waals surface area contributed by atoms with Crippen LogP contribution in [0.3, 0.4) is 0 Å². The topological polar surface area (TPSA) is 111 Å². The molecule has 10 heteroatoms. The van der Waals surface area contributed by atoms with Crippen molar-refractivity contribution in [3.05, 3.63) is 122 Å². The molecule has 9 nitrogen and oxygen atoms in total. The predicted molar refractivity (Wildman–Crippen MR) is 378 cm³/mol. The number of allylic oxidation sites excluding steroid dienone is 20. The Balaban J connectivity index is 4.09. The average molecular weight is 1250 g/mol. The van der Waals surface area contributed by atoms with Gasteiger partial charge >= 0.3 is 11.9 Å². The lowest BCUT2D eigenvalue weighted by atomic mass is 10.0. The third kappa shape index (κ3) is 71.5. The zero-order valence-electron chi connectivity index (χ0n) is 57.6. The first-order valence-corrected chi connectivity index (χ1v) is 37.7. The molecule has 0 aliphatic rings. The van der Waals surface area contributed by atoms with Crippen LogP contribution in [0.1, 0.15) is 309 Å². The third-order valence-electron chi connectivity index (χ3n) is 15.5. The molecule has 0 spiro atoms. The molecule has 0 aromatic rings. The molecule has 0 fully saturated rings. The molecule has 2 unspecified atom stereocenters. The first-order valence-electron chi connectivity index (χ1n) is 36.2. The predicted octanol–water partition coefficient (Wildman–Crippen LogP) is 23.2. The van der Waals surface area contributed by atoms with Crippen LogP contribution in [0, 0.1) is 0 Å². The highest BCUT2D eigenvalue weighted by Gasteiger charge is 2.22. The lowest BCUT2D eigenvalue weighted by Gasteiger charge is -2.28. The van der Waals surface area contributed by atoms with Crippen LogP contribution in [0.2, 0.25) is 0 Å². The van der Waals surface area contributed by atoms with Crippen molar-refractivity contribution < 1.29 is 42.1 Å². The minimum absolute atomic E-state index is 0.0362. The van der Waals surface area contributed by atoms with Gasteiger partial charge in [0.1, 0.15) is 19.8 Å². The van der Waals surface area contributed by atoms with Crippen molar-refractivity contribution in [2.24, 2.45) is 0 Å². The number of rotatable bonds is 66. The summed E-state index contributed by atoms with van der Waals surface area (Å²) < 4.78 is 34.3. The second-order valence-corrected chi connectivity index (χ2v) is 26.6. The van der Waals surface area contributed by atoms with Crippen LogP contribution in [-0.4, -0.2) is 70.0 Å². The van der Waals surface area contributed by atoms with Gasteiger partial charge in [-0.25, -0.2) is 0 Å². The molecule has 0 saturated heterocycles. The lowest BCUT2D eigenvalue weighted by molar-refractivity contribution is -0.870. The Bertz CT molecular complexity index is 1900. The molecule has 0 aliphatic carbocycles. The van der Waals surface area contributed by atoms with E-state index in [0.29, 0.717) is 17.4 Å². The zero-order chi connectivity index (χ0) is 64.1. The summed E-state index contributed by atoms with van der Waals surface area (Å²) in [6, 6.07) is 0. The van der Waals surface area contributed by atoms with Gasteiger partial charge in [-0.1, -0.05) is 328 Å². The van der Waals surface area contributed by atoms with Crippen molar-refractivity contribution in [1.29, 1.82) is 0 Å². The number of unbranched alkanes of at least 4 members (excludes halogenated alkanes) is 32. The van der Waals surface area contributed by atoms with E-state index >= 15 is 0 Å². The van der Waals surface area contributed by atoms with Gasteiger partial charge in [-0.05, 0) is 89.9 Å². The Labute approximate surface area is 543 Å². The summed E-state index contributed by atoms with van der Waals surface area (Å²) in [4.78, 5) is 38.1. The smallest absolute Gasteiger partial charge is 0.306 e. The number of phosphoric acid groups is 1. The van der Waals surface area contributed by atoms with Gasteiger partial charge in [0, 0.05) is 12.8 Å². The van der Waals surface area contributed by atoms with E-state index in [9.17, 15) is 19.0 Å². The van der Waals surface area contributed by atoms with E-state index in [1.54, 1.807) is 0 Å². The van der Waals surface area contributed by atoms with Crippen LogP contribution in [0.5, 0.6) is 0 Å². The molecule has 0 aromatic carbocycles. The Morgan fingerprint density at radius 1 is 0.364 bits per heavy atom. The van der Waals surface area contributed by atoms with Crippen molar-refractivity contribution in [2.45, 2.75) is 315 Å². The second-order valence-electron chi connectivity index (χ2n) is 25.2. The van der Waals surface area contributed by atoms with E-state index in [0.717, 1.165) is 109 Å². The van der Waals surface area contributed by atoms with Crippen LogP contribution >= 0.6 is 7.82 Å². The van der Waals surface area contributed by atoms with Gasteiger partial charge in [0.15, 0.2) is 6.10 Å². The fourth-order valence-electron chi connectivity index (χ4n) is 9.98. The van der Waals surface area contributed by atoms with Crippen molar-refractivity contribution in [3.8, 4) is 0 Å². The summed E-state index contributed by atoms with van der Waals surface area (Å²) in [5, 5.41) is 0. The molecule has 0 aliphatic heterocycles. The number of ether oxygens (including phenoxy) is 2. The summed E-state index contributed by atoms with van der Waals surface area (Å²) in [5.41, 5.74) is 0. The number of hydrogen-bond donors (Lipinski definition) is 0. The lowest BCUT2D eigenvalue weighted by Crippen LogP contribution is -2.37. The number of hydrogen-bond acceptors (Lipinski definition) is 8. The largest absolute Gasteiger partial charge is 0.756 e. The second kappa shape index (κ2) is 67.8. The van der Waals surface area contributed by atoms with Gasteiger partial charge in [0.25, 0.3) is 7.82 Å². The molecule has 506 valence electrons. The monoisotopic (exact) mass is 1250 g/mol. The molecule has 0 heterocycles. The molecule has 0 saturated carbocycles. The summed E-state index contributed by atoms with van der Waals surface area (Å²) in [7, 11) is 1.16. The number of phosphoric ester groups is 1. The van der Waals surface area contributed by atoms with Crippen LogP contribution in [0.25, 0.3) is 0 Å². The maximum Gasteiger partial charge on any atom is 0.306 e. The number of esters is 2. The molecular weight excluding hydrogens is 1110 g/mol. The Morgan fingerprint density at radius 2 is 0.648 bits per heavy atom. The van der Waals surface area contributed by atoms with E-state index in [-0.39, 0.29) is 32.0 Å². The summed E-state index contributed by atoms with van der Waals surface area (Å²) in [5.74, 6) is -0.837. The van der Waals surface area contributed by atoms with E-state index in [4.69, 9.17) is 18.5 Å². The molecule has 2 atom stereocenters. The van der Waals surface area contributed by atoms with E-state index in [2.05, 4.69) is 135 Å². The third-order valence-corrected chi connectivity index (χ3v) is 16.5. The quantitative estimate of drug-likeness (QED) is 0.0195. The minimum atomic E-state index is -4.65. The van der Waals surface area contributed by atoms with Crippen LogP contribution in [0.15, 0.2) is 122 Å². The normalized spacial score (nSPS) is 13.8. The van der Waals surface area contributed by atoms with E-state index in [1.807, 2.05) is 21.1 Å². The zero-order valence-corrected chi connectivity index (χ0v) is 58.5. The van der Waals surface area contributed by atoms with Gasteiger partial charge in [0.05, 0.1) is 27.7 Å². The van der Waals surface area contributed by atoms with Crippen LogP contribution in [0.4, 0.5) is 0 Å². The molecule has 88 heavy (non-hydrogen) atoms. The molecular formula is C78H136NO8P. The standard InChI is InChI=1S/C78H136NO8P/c1-6-8-10-12-14-16-18-20-22-24-26-28-30-32-33-34-35-36-37-38-39-40-41-42-43-44-45-47-49-51-53-55-57-59-61-63-65-67-69-71-78(81)87-76(75-86-88(82,83)85-73-72-79(3,4)5)74-84-77(80)70-68-66-64-62-60-58-56-54-52-50-48-46-31-29-27-25-23-21-19-17-15-13-11-9-7-2/h8,10,14,16,20,22,26,28,32-33,35-36,38-39,41-42,44-45,49,51,76H,6-7,9,11-13,15,17-19,21,23-25,27,29-31,34,37,40,43,46-48,50,52-75H2,1-5H3/b10-8-,16-14-,22-20-,28-26-,33-32-,36-35-,39-38-,42-41-,45-44-,51-49-. The fourth-order valence-corrected chi connectivity index (χ4v) is 10.7. The van der Waals surface area contributed by atoms with Gasteiger partial charge in [-0.15, -0.1) is 0 Å². The maximum atomic E-state index is 12.9. The molecule has 0 bridgehead atoms. The maximum absolute atomic E-state index is 12.9. The van der Waals surface area contributed by atoms with Crippen molar-refractivity contribution in [3.63, 3.8) is 0 Å². The van der Waals surface area contributed by atoms with Crippen molar-refractivity contribution >= 4 is 19.8 Å². The van der Waals surface area contributed by atoms with Crippen molar-refractivity contribution in [1.82, 2.24) is 0 Å². The molecule has 0 radical (unpaired) electrons. The van der Waals surface area contributed by atoms with Crippen LogP contribution in [-0.2, 0) is 32.7 Å². The molecule has 0 amide bonds. The summed E-state index contributed by atoms with van der Waals surface area (Å²) >= 11 is 0. The van der Waals surface area contributed by atoms with Crippen molar-refractivity contribution in [2.75, 3.05) is 47.5 Å². The van der Waals surface area contributed by atoms with Gasteiger partial charge < -0.3 is 27.9 Å². The number of carbonyl (C=O) groups is 2. The fraction of sp³-hybridized carbons (Fsp3) is 0.718. The number of likely N-dealkylation sites (N-methyl/N-ethyl adjacent to an activating group) is 1. The average Bonchev–Trinajstić information content (AvgIpc) is 3.68. The van der Waals surface area contributed by atoms with Gasteiger partial charge in [-0.3, -0.25) is 14.2 Å². The summed E-state index contributed by atoms with van der Waals surface area (Å²) in [6.45, 7) is 4.15. The Kier molecular flexibility index (Phi) is 65.0. The first kappa shape index (κ1) is 84.4. The Morgan fingerprint density at radius 3 is 0.966 bits per heavy atom. The number of carbonyl (C=O) groups excluding carboxylic acids is 2. The highest BCUT2D eigenvalue weighted by Crippen LogP contribution is 2.38. The minimum Gasteiger partial charge on any atom is -0.756 e. The molecule has 0 rings (SSSR count). The van der Waals surface area contributed by atoms with E-state index < -0.39 is 26.5 Å².